The lowest BCUT2D eigenvalue weighted by atomic mass is 10.1. The molecule has 1 N–H and O–H groups in total. The molecule has 1 aliphatic heterocycles. The number of hydrogen-bond acceptors (Lipinski definition) is 5. The van der Waals surface area contributed by atoms with Gasteiger partial charge in [0.25, 0.3) is 5.91 Å². The second-order valence-corrected chi connectivity index (χ2v) is 5.97. The summed E-state index contributed by atoms with van der Waals surface area (Å²) in [4.78, 5) is 24.1. The van der Waals surface area contributed by atoms with Crippen LogP contribution >= 0.6 is 11.6 Å². The predicted octanol–water partition coefficient (Wildman–Crippen LogP) is 3.32. The van der Waals surface area contributed by atoms with Crippen molar-refractivity contribution in [3.8, 4) is 11.5 Å². The zero-order valence-electron chi connectivity index (χ0n) is 13.8. The number of halogens is 2. The first-order chi connectivity index (χ1) is 12.4. The molecule has 26 heavy (non-hydrogen) atoms. The Morgan fingerprint density at radius 1 is 1.27 bits per heavy atom. The van der Waals surface area contributed by atoms with Gasteiger partial charge in [0.1, 0.15) is 5.82 Å². The maximum Gasteiger partial charge on any atom is 0.311 e. The van der Waals surface area contributed by atoms with Gasteiger partial charge in [0, 0.05) is 22.3 Å². The molecular formula is C18H15ClFNO5. The topological polar surface area (TPSA) is 73.9 Å². The van der Waals surface area contributed by atoms with Gasteiger partial charge in [0.15, 0.2) is 17.6 Å². The Morgan fingerprint density at radius 3 is 2.81 bits per heavy atom. The number of benzene rings is 2. The first-order valence-corrected chi connectivity index (χ1v) is 8.14. The number of esters is 1. The third kappa shape index (κ3) is 4.05. The van der Waals surface area contributed by atoms with Crippen LogP contribution in [0.2, 0.25) is 5.02 Å². The van der Waals surface area contributed by atoms with Crippen LogP contribution in [-0.4, -0.2) is 24.8 Å². The van der Waals surface area contributed by atoms with E-state index < -0.39 is 23.8 Å². The van der Waals surface area contributed by atoms with Gasteiger partial charge in [-0.2, -0.15) is 0 Å². The van der Waals surface area contributed by atoms with Gasteiger partial charge in [0.05, 0.1) is 6.42 Å². The summed E-state index contributed by atoms with van der Waals surface area (Å²) in [5, 5.41) is 2.74. The van der Waals surface area contributed by atoms with Crippen molar-refractivity contribution < 1.29 is 28.2 Å². The van der Waals surface area contributed by atoms with E-state index in [4.69, 9.17) is 25.8 Å². The molecule has 1 aliphatic rings. The van der Waals surface area contributed by atoms with Crippen molar-refractivity contribution >= 4 is 29.2 Å². The van der Waals surface area contributed by atoms with Gasteiger partial charge in [-0.25, -0.2) is 4.39 Å². The molecule has 0 saturated heterocycles. The average Bonchev–Trinajstić information content (AvgIpc) is 3.06. The standard InChI is InChI=1S/C18H15ClFNO5/c1-10(26-17(22)8-12-13(19)3-2-4-14(12)20)18(23)21-11-5-6-15-16(7-11)25-9-24-15/h2-7,10H,8-9H2,1H3,(H,21,23)/t10-/m1/s1. The van der Waals surface area contributed by atoms with E-state index in [2.05, 4.69) is 5.32 Å². The van der Waals surface area contributed by atoms with E-state index in [1.54, 1.807) is 18.2 Å². The SMILES string of the molecule is C[C@@H](OC(=O)Cc1c(F)cccc1Cl)C(=O)Nc1ccc2c(c1)OCO2. The number of carbonyl (C=O) groups excluding carboxylic acids is 2. The van der Waals surface area contributed by atoms with Gasteiger partial charge in [0.2, 0.25) is 6.79 Å². The first-order valence-electron chi connectivity index (χ1n) is 7.77. The maximum atomic E-state index is 13.7. The fourth-order valence-electron chi connectivity index (χ4n) is 2.36. The maximum absolute atomic E-state index is 13.7. The summed E-state index contributed by atoms with van der Waals surface area (Å²) in [6.07, 6.45) is -1.44. The van der Waals surface area contributed by atoms with Crippen molar-refractivity contribution in [3.05, 3.63) is 52.8 Å². The van der Waals surface area contributed by atoms with Crippen LogP contribution < -0.4 is 14.8 Å². The van der Waals surface area contributed by atoms with Crippen molar-refractivity contribution in [2.24, 2.45) is 0 Å². The fraction of sp³-hybridized carbons (Fsp3) is 0.222. The largest absolute Gasteiger partial charge is 0.454 e. The molecule has 136 valence electrons. The van der Waals surface area contributed by atoms with Crippen LogP contribution in [0.15, 0.2) is 36.4 Å². The minimum absolute atomic E-state index is 0.0301. The van der Waals surface area contributed by atoms with Crippen LogP contribution in [0, 0.1) is 5.82 Å². The van der Waals surface area contributed by atoms with E-state index in [-0.39, 0.29) is 23.8 Å². The molecule has 0 unspecified atom stereocenters. The zero-order chi connectivity index (χ0) is 18.7. The van der Waals surface area contributed by atoms with Crippen LogP contribution in [0.1, 0.15) is 12.5 Å². The van der Waals surface area contributed by atoms with Crippen molar-refractivity contribution in [1.29, 1.82) is 0 Å². The number of amides is 1. The molecule has 1 atom stereocenters. The molecule has 8 heteroatoms. The minimum atomic E-state index is -1.07. The molecule has 0 radical (unpaired) electrons. The molecule has 0 spiro atoms. The average molecular weight is 380 g/mol. The molecule has 6 nitrogen and oxygen atoms in total. The highest BCUT2D eigenvalue weighted by Crippen LogP contribution is 2.34. The molecule has 2 aromatic carbocycles. The highest BCUT2D eigenvalue weighted by atomic mass is 35.5. The highest BCUT2D eigenvalue weighted by Gasteiger charge is 2.21. The van der Waals surface area contributed by atoms with Crippen LogP contribution in [0.25, 0.3) is 0 Å². The summed E-state index contributed by atoms with van der Waals surface area (Å²) in [7, 11) is 0. The molecule has 0 saturated carbocycles. The normalized spacial score (nSPS) is 13.2. The van der Waals surface area contributed by atoms with Crippen molar-refractivity contribution in [2.45, 2.75) is 19.4 Å². The van der Waals surface area contributed by atoms with Gasteiger partial charge in [-0.3, -0.25) is 9.59 Å². The number of ether oxygens (including phenoxy) is 3. The lowest BCUT2D eigenvalue weighted by Gasteiger charge is -2.14. The second-order valence-electron chi connectivity index (χ2n) is 5.57. The molecule has 0 aliphatic carbocycles. The van der Waals surface area contributed by atoms with Crippen LogP contribution in [0.4, 0.5) is 10.1 Å². The smallest absolute Gasteiger partial charge is 0.311 e. The predicted molar refractivity (Wildman–Crippen MR) is 91.9 cm³/mol. The summed E-state index contributed by atoms with van der Waals surface area (Å²) < 4.78 is 29.2. The van der Waals surface area contributed by atoms with Gasteiger partial charge in [-0.15, -0.1) is 0 Å². The summed E-state index contributed by atoms with van der Waals surface area (Å²) in [5.74, 6) is -0.792. The Morgan fingerprint density at radius 2 is 2.04 bits per heavy atom. The van der Waals surface area contributed by atoms with Crippen molar-refractivity contribution in [1.82, 2.24) is 0 Å². The van der Waals surface area contributed by atoms with Gasteiger partial charge in [-0.05, 0) is 31.2 Å². The molecular weight excluding hydrogens is 365 g/mol. The summed E-state index contributed by atoms with van der Waals surface area (Å²) in [5.41, 5.74) is 0.502. The monoisotopic (exact) mass is 379 g/mol. The second kappa shape index (κ2) is 7.61. The molecule has 2 aromatic rings. The Balaban J connectivity index is 1.58. The number of carbonyl (C=O) groups is 2. The third-order valence-corrected chi connectivity index (χ3v) is 4.05. The van der Waals surface area contributed by atoms with E-state index >= 15 is 0 Å². The lowest BCUT2D eigenvalue weighted by molar-refractivity contribution is -0.152. The molecule has 0 bridgehead atoms. The fourth-order valence-corrected chi connectivity index (χ4v) is 2.59. The quantitative estimate of drug-likeness (QED) is 0.807. The lowest BCUT2D eigenvalue weighted by Crippen LogP contribution is -2.30. The molecule has 3 rings (SSSR count). The van der Waals surface area contributed by atoms with E-state index in [1.807, 2.05) is 0 Å². The van der Waals surface area contributed by atoms with E-state index in [0.717, 1.165) is 0 Å². The molecule has 0 fully saturated rings. The van der Waals surface area contributed by atoms with Gasteiger partial charge in [-0.1, -0.05) is 17.7 Å². The number of rotatable bonds is 5. The van der Waals surface area contributed by atoms with Gasteiger partial charge < -0.3 is 19.5 Å². The number of anilines is 1. The molecule has 0 aromatic heterocycles. The molecule has 1 amide bonds. The zero-order valence-corrected chi connectivity index (χ0v) is 14.5. The van der Waals surface area contributed by atoms with E-state index in [9.17, 15) is 14.0 Å². The summed E-state index contributed by atoms with van der Waals surface area (Å²) in [6, 6.07) is 9.02. The Kier molecular flexibility index (Phi) is 5.27. The van der Waals surface area contributed by atoms with Crippen LogP contribution in [0.3, 0.4) is 0 Å². The minimum Gasteiger partial charge on any atom is -0.454 e. The molecule has 1 heterocycles. The van der Waals surface area contributed by atoms with Crippen molar-refractivity contribution in [2.75, 3.05) is 12.1 Å². The summed E-state index contributed by atoms with van der Waals surface area (Å²) >= 11 is 5.88. The first kappa shape index (κ1) is 18.0. The van der Waals surface area contributed by atoms with E-state index in [1.165, 1.54) is 25.1 Å². The number of nitrogens with one attached hydrogen (secondary N) is 1. The number of hydrogen-bond donors (Lipinski definition) is 1. The Hall–Kier alpha value is -2.80. The van der Waals surface area contributed by atoms with Crippen LogP contribution in [-0.2, 0) is 20.7 Å². The highest BCUT2D eigenvalue weighted by molar-refractivity contribution is 6.31. The third-order valence-electron chi connectivity index (χ3n) is 3.70. The summed E-state index contributed by atoms with van der Waals surface area (Å²) in [6.45, 7) is 1.54. The van der Waals surface area contributed by atoms with Crippen LogP contribution in [0.5, 0.6) is 11.5 Å². The Labute approximate surface area is 153 Å². The van der Waals surface area contributed by atoms with Crippen molar-refractivity contribution in [3.63, 3.8) is 0 Å². The Bertz CT molecular complexity index is 837. The van der Waals surface area contributed by atoms with E-state index in [0.29, 0.717) is 17.2 Å². The van der Waals surface area contributed by atoms with Gasteiger partial charge >= 0.3 is 5.97 Å². The number of fused-ring (bicyclic) bond motifs is 1.